The molecule has 5 aromatic rings. The van der Waals surface area contributed by atoms with Crippen LogP contribution >= 0.6 is 0 Å². The summed E-state index contributed by atoms with van der Waals surface area (Å²) in [6.45, 7) is 3.29. The zero-order valence-corrected chi connectivity index (χ0v) is 25.9. The van der Waals surface area contributed by atoms with E-state index in [9.17, 15) is 4.39 Å². The van der Waals surface area contributed by atoms with Crippen LogP contribution in [0.5, 0.6) is 11.5 Å². The van der Waals surface area contributed by atoms with Gasteiger partial charge >= 0.3 is 0 Å². The van der Waals surface area contributed by atoms with E-state index >= 15 is 0 Å². The number of anilines is 1. The number of aromatic nitrogens is 6. The number of fused-ring (bicyclic) bond motifs is 1. The van der Waals surface area contributed by atoms with Crippen LogP contribution in [-0.4, -0.2) is 49.1 Å². The summed E-state index contributed by atoms with van der Waals surface area (Å²) in [6.07, 6.45) is 11.8. The standard InChI is InChI=1S/C35H36FN7O4/c36-26-16-30(46-21-28-19-38-23-42(28)12-15-45-20-24-4-2-1-3-5-24)18-31(17-26)47-29-8-6-25(7-9-29)33-32-34(37)39-22-40-35(32)43(41-33)27-10-13-44-14-11-27/h1-6,8,16-19,22-23,27H,7,9-15,20-21H2,(H2,37,39,40). The smallest absolute Gasteiger partial charge is 0.164 e. The van der Waals surface area contributed by atoms with Gasteiger partial charge in [0.05, 0.1) is 42.9 Å². The highest BCUT2D eigenvalue weighted by molar-refractivity contribution is 5.96. The van der Waals surface area contributed by atoms with E-state index in [1.165, 1.54) is 18.5 Å². The van der Waals surface area contributed by atoms with E-state index in [2.05, 4.69) is 15.0 Å². The largest absolute Gasteiger partial charge is 0.487 e. The van der Waals surface area contributed by atoms with Crippen molar-refractivity contribution in [3.8, 4) is 11.5 Å². The maximum atomic E-state index is 14.6. The summed E-state index contributed by atoms with van der Waals surface area (Å²) in [5, 5.41) is 5.73. The molecule has 1 aliphatic heterocycles. The molecule has 242 valence electrons. The molecule has 12 heteroatoms. The van der Waals surface area contributed by atoms with Crippen LogP contribution in [0.25, 0.3) is 16.6 Å². The van der Waals surface area contributed by atoms with Crippen LogP contribution in [0, 0.1) is 5.82 Å². The van der Waals surface area contributed by atoms with Crippen LogP contribution in [0.2, 0.25) is 0 Å². The third kappa shape index (κ3) is 7.18. The van der Waals surface area contributed by atoms with Gasteiger partial charge in [0.1, 0.15) is 47.5 Å². The number of rotatable bonds is 12. The van der Waals surface area contributed by atoms with Gasteiger partial charge in [-0.25, -0.2) is 24.0 Å². The van der Waals surface area contributed by atoms with E-state index in [1.54, 1.807) is 18.6 Å². The molecule has 3 aromatic heterocycles. The van der Waals surface area contributed by atoms with Gasteiger partial charge in [-0.3, -0.25) is 0 Å². The van der Waals surface area contributed by atoms with Crippen LogP contribution in [0.1, 0.15) is 48.7 Å². The Labute approximate surface area is 271 Å². The van der Waals surface area contributed by atoms with Crippen LogP contribution in [-0.2, 0) is 29.2 Å². The summed E-state index contributed by atoms with van der Waals surface area (Å²) in [5.74, 6) is 1.38. The van der Waals surface area contributed by atoms with Crippen molar-refractivity contribution >= 4 is 22.4 Å². The zero-order valence-electron chi connectivity index (χ0n) is 25.9. The number of halogens is 1. The van der Waals surface area contributed by atoms with Gasteiger partial charge in [-0.1, -0.05) is 36.4 Å². The molecule has 11 nitrogen and oxygen atoms in total. The van der Waals surface area contributed by atoms with Gasteiger partial charge in [-0.2, -0.15) is 5.10 Å². The highest BCUT2D eigenvalue weighted by Crippen LogP contribution is 2.36. The first-order valence-electron chi connectivity index (χ1n) is 15.8. The Morgan fingerprint density at radius 3 is 2.66 bits per heavy atom. The van der Waals surface area contributed by atoms with Gasteiger partial charge in [0, 0.05) is 44.4 Å². The van der Waals surface area contributed by atoms with E-state index in [0.717, 1.165) is 46.4 Å². The molecule has 7 rings (SSSR count). The van der Waals surface area contributed by atoms with Crippen molar-refractivity contribution in [2.45, 2.75) is 51.5 Å². The Hall–Kier alpha value is -5.07. The number of allylic oxidation sites excluding steroid dienone is 4. The molecule has 0 saturated carbocycles. The molecule has 2 aliphatic rings. The van der Waals surface area contributed by atoms with Crippen molar-refractivity contribution in [2.24, 2.45) is 0 Å². The lowest BCUT2D eigenvalue weighted by Crippen LogP contribution is -2.20. The molecule has 4 heterocycles. The second-order valence-electron chi connectivity index (χ2n) is 11.5. The molecule has 1 aliphatic carbocycles. The summed E-state index contributed by atoms with van der Waals surface area (Å²) >= 11 is 0. The molecule has 0 bridgehead atoms. The molecule has 0 unspecified atom stereocenters. The van der Waals surface area contributed by atoms with E-state index in [-0.39, 0.29) is 12.6 Å². The van der Waals surface area contributed by atoms with E-state index < -0.39 is 5.82 Å². The summed E-state index contributed by atoms with van der Waals surface area (Å²) < 4.78 is 42.0. The van der Waals surface area contributed by atoms with E-state index in [4.69, 9.17) is 29.8 Å². The van der Waals surface area contributed by atoms with Gasteiger partial charge in [0.15, 0.2) is 5.65 Å². The van der Waals surface area contributed by atoms with Gasteiger partial charge in [-0.15, -0.1) is 0 Å². The fourth-order valence-electron chi connectivity index (χ4n) is 5.89. The van der Waals surface area contributed by atoms with E-state index in [1.807, 2.05) is 51.7 Å². The highest BCUT2D eigenvalue weighted by Gasteiger charge is 2.25. The Morgan fingerprint density at radius 2 is 1.83 bits per heavy atom. The van der Waals surface area contributed by atoms with Gasteiger partial charge in [-0.05, 0) is 36.5 Å². The predicted octanol–water partition coefficient (Wildman–Crippen LogP) is 6.03. The maximum Gasteiger partial charge on any atom is 0.164 e. The van der Waals surface area contributed by atoms with Gasteiger partial charge in [0.2, 0.25) is 0 Å². The van der Waals surface area contributed by atoms with Crippen molar-refractivity contribution in [1.82, 2.24) is 29.3 Å². The quantitative estimate of drug-likeness (QED) is 0.163. The monoisotopic (exact) mass is 637 g/mol. The Morgan fingerprint density at radius 1 is 0.979 bits per heavy atom. The third-order valence-electron chi connectivity index (χ3n) is 8.34. The summed E-state index contributed by atoms with van der Waals surface area (Å²) in [7, 11) is 0. The first-order valence-corrected chi connectivity index (χ1v) is 15.8. The van der Waals surface area contributed by atoms with Gasteiger partial charge < -0.3 is 29.2 Å². The first kappa shape index (κ1) is 30.6. The molecule has 0 amide bonds. The fourth-order valence-corrected chi connectivity index (χ4v) is 5.89. The van der Waals surface area contributed by atoms with E-state index in [0.29, 0.717) is 68.9 Å². The minimum atomic E-state index is -0.450. The molecule has 1 fully saturated rings. The molecule has 0 radical (unpaired) electrons. The van der Waals surface area contributed by atoms with Crippen LogP contribution in [0.3, 0.4) is 0 Å². The topological polar surface area (TPSA) is 124 Å². The SMILES string of the molecule is Nc1ncnc2c1c(C1=CC=C(Oc3cc(F)cc(OCc4cncn4CCOCc4ccccc4)c3)CC1)nn2C1CCOCC1. The number of nitrogen functional groups attached to an aromatic ring is 1. The first-order chi connectivity index (χ1) is 23.1. The second kappa shape index (κ2) is 14.1. The predicted molar refractivity (Wildman–Crippen MR) is 174 cm³/mol. The lowest BCUT2D eigenvalue weighted by Gasteiger charge is -2.22. The zero-order chi connectivity index (χ0) is 32.0. The summed E-state index contributed by atoms with van der Waals surface area (Å²) in [4.78, 5) is 13.0. The number of imidazole rings is 1. The van der Waals surface area contributed by atoms with Crippen molar-refractivity contribution in [3.05, 3.63) is 108 Å². The maximum absolute atomic E-state index is 14.6. The normalized spacial score (nSPS) is 15.4. The number of nitrogens with two attached hydrogens (primary N) is 1. The van der Waals surface area contributed by atoms with Crippen LogP contribution in [0.4, 0.5) is 10.2 Å². The average molecular weight is 638 g/mol. The summed E-state index contributed by atoms with van der Waals surface area (Å²) in [5.41, 5.74) is 10.8. The molecule has 47 heavy (non-hydrogen) atoms. The number of nitrogens with zero attached hydrogens (tertiary/aromatic N) is 6. The Kier molecular flexibility index (Phi) is 9.20. The minimum Gasteiger partial charge on any atom is -0.487 e. The van der Waals surface area contributed by atoms with Crippen LogP contribution in [0.15, 0.2) is 85.3 Å². The van der Waals surface area contributed by atoms with Crippen LogP contribution < -0.4 is 15.2 Å². The van der Waals surface area contributed by atoms with Crippen molar-refractivity contribution in [2.75, 3.05) is 25.6 Å². The number of hydrogen-bond acceptors (Lipinski definition) is 9. The fraction of sp³-hybridized carbons (Fsp3) is 0.314. The van der Waals surface area contributed by atoms with Crippen molar-refractivity contribution in [3.63, 3.8) is 0 Å². The number of benzene rings is 2. The van der Waals surface area contributed by atoms with Crippen molar-refractivity contribution in [1.29, 1.82) is 0 Å². The summed E-state index contributed by atoms with van der Waals surface area (Å²) in [6, 6.07) is 14.6. The number of hydrogen-bond donors (Lipinski definition) is 1. The third-order valence-corrected chi connectivity index (χ3v) is 8.34. The average Bonchev–Trinajstić information content (AvgIpc) is 3.72. The molecule has 2 N–H and O–H groups in total. The minimum absolute atomic E-state index is 0.192. The highest BCUT2D eigenvalue weighted by atomic mass is 19.1. The molecular weight excluding hydrogens is 601 g/mol. The van der Waals surface area contributed by atoms with Gasteiger partial charge in [0.25, 0.3) is 0 Å². The lowest BCUT2D eigenvalue weighted by atomic mass is 9.99. The molecular formula is C35H36FN7O4. The Bertz CT molecular complexity index is 1900. The lowest BCUT2D eigenvalue weighted by molar-refractivity contribution is 0.0673. The van der Waals surface area contributed by atoms with Crippen molar-refractivity contribution < 1.29 is 23.3 Å². The Balaban J connectivity index is 0.996. The number of ether oxygens (including phenoxy) is 4. The molecule has 0 spiro atoms. The molecule has 0 atom stereocenters. The molecule has 2 aromatic carbocycles. The second-order valence-corrected chi connectivity index (χ2v) is 11.5. The molecule has 1 saturated heterocycles.